The van der Waals surface area contributed by atoms with Gasteiger partial charge in [-0.3, -0.25) is 4.79 Å². The number of benzene rings is 1. The molecule has 1 aromatic rings. The van der Waals surface area contributed by atoms with Crippen LogP contribution in [-0.2, 0) is 0 Å². The normalized spacial score (nSPS) is 10.7. The van der Waals surface area contributed by atoms with Gasteiger partial charge in [0.15, 0.2) is 0 Å². The highest BCUT2D eigenvalue weighted by atomic mass is 79.9. The van der Waals surface area contributed by atoms with Gasteiger partial charge in [0.2, 0.25) is 0 Å². The van der Waals surface area contributed by atoms with E-state index in [1.165, 1.54) is 0 Å². The van der Waals surface area contributed by atoms with Gasteiger partial charge in [0.1, 0.15) is 0 Å². The summed E-state index contributed by atoms with van der Waals surface area (Å²) in [4.78, 5) is 13.9. The summed E-state index contributed by atoms with van der Waals surface area (Å²) in [7, 11) is 0. The molecule has 1 amide bonds. The van der Waals surface area contributed by atoms with Crippen molar-refractivity contribution in [3.63, 3.8) is 0 Å². The van der Waals surface area contributed by atoms with Crippen LogP contribution in [0.2, 0.25) is 0 Å². The number of nitrogens with zero attached hydrogens (tertiary/aromatic N) is 1. The second-order valence-corrected chi connectivity index (χ2v) is 5.25. The molecule has 94 valence electrons. The summed E-state index contributed by atoms with van der Waals surface area (Å²) in [5, 5.41) is 8.99. The van der Waals surface area contributed by atoms with Crippen LogP contribution in [0.15, 0.2) is 22.7 Å². The number of amides is 1. The predicted octanol–water partition coefficient (Wildman–Crippen LogP) is 2.60. The van der Waals surface area contributed by atoms with Gasteiger partial charge in [0.25, 0.3) is 5.91 Å². The summed E-state index contributed by atoms with van der Waals surface area (Å²) in [5.74, 6) is -0.0431. The monoisotopic (exact) mass is 299 g/mol. The summed E-state index contributed by atoms with van der Waals surface area (Å²) in [6.45, 7) is 6.18. The minimum Gasteiger partial charge on any atom is -0.395 e. The quantitative estimate of drug-likeness (QED) is 0.928. The average molecular weight is 300 g/mol. The van der Waals surface area contributed by atoms with E-state index in [-0.39, 0.29) is 18.6 Å². The number of carbonyl (C=O) groups excluding carboxylic acids is 1. The van der Waals surface area contributed by atoms with Crippen molar-refractivity contribution < 1.29 is 9.90 Å². The molecule has 4 heteroatoms. The van der Waals surface area contributed by atoms with Gasteiger partial charge in [-0.2, -0.15) is 0 Å². The van der Waals surface area contributed by atoms with Crippen LogP contribution in [0.5, 0.6) is 0 Å². The highest BCUT2D eigenvalue weighted by Crippen LogP contribution is 2.17. The SMILES string of the molecule is Cc1cc(Br)cc(C(=O)N(CCO)C(C)C)c1. The number of hydrogen-bond acceptors (Lipinski definition) is 2. The van der Waals surface area contributed by atoms with Crippen molar-refractivity contribution in [3.8, 4) is 0 Å². The minimum absolute atomic E-state index is 0.0170. The Morgan fingerprint density at radius 1 is 1.41 bits per heavy atom. The van der Waals surface area contributed by atoms with Crippen molar-refractivity contribution >= 4 is 21.8 Å². The van der Waals surface area contributed by atoms with E-state index in [2.05, 4.69) is 15.9 Å². The van der Waals surface area contributed by atoms with Gasteiger partial charge >= 0.3 is 0 Å². The Morgan fingerprint density at radius 2 is 2.06 bits per heavy atom. The van der Waals surface area contributed by atoms with Gasteiger partial charge < -0.3 is 10.0 Å². The predicted molar refractivity (Wildman–Crippen MR) is 72.1 cm³/mol. The largest absolute Gasteiger partial charge is 0.395 e. The van der Waals surface area contributed by atoms with Gasteiger partial charge in [0.05, 0.1) is 6.61 Å². The minimum atomic E-state index is -0.0431. The van der Waals surface area contributed by atoms with Crippen molar-refractivity contribution in [1.82, 2.24) is 4.90 Å². The topological polar surface area (TPSA) is 40.5 Å². The lowest BCUT2D eigenvalue weighted by atomic mass is 10.1. The molecule has 0 aliphatic heterocycles. The first-order valence-electron chi connectivity index (χ1n) is 5.64. The molecule has 0 spiro atoms. The number of aliphatic hydroxyl groups is 1. The highest BCUT2D eigenvalue weighted by Gasteiger charge is 2.18. The van der Waals surface area contributed by atoms with Crippen LogP contribution in [0.1, 0.15) is 29.8 Å². The Hall–Kier alpha value is -0.870. The average Bonchev–Trinajstić information content (AvgIpc) is 2.23. The van der Waals surface area contributed by atoms with Crippen LogP contribution in [0.4, 0.5) is 0 Å². The molecule has 0 heterocycles. The molecule has 0 aliphatic carbocycles. The van der Waals surface area contributed by atoms with Gasteiger partial charge in [0, 0.05) is 22.6 Å². The zero-order valence-electron chi connectivity index (χ0n) is 10.4. The van der Waals surface area contributed by atoms with E-state index in [1.807, 2.05) is 39.0 Å². The summed E-state index contributed by atoms with van der Waals surface area (Å²) >= 11 is 3.39. The van der Waals surface area contributed by atoms with Gasteiger partial charge in [-0.15, -0.1) is 0 Å². The molecule has 0 atom stereocenters. The van der Waals surface area contributed by atoms with E-state index in [9.17, 15) is 4.79 Å². The smallest absolute Gasteiger partial charge is 0.254 e. The third-order valence-corrected chi connectivity index (χ3v) is 2.97. The number of aryl methyl sites for hydroxylation is 1. The molecule has 0 saturated heterocycles. The standard InChI is InChI=1S/C13H18BrNO2/c1-9(2)15(4-5-16)13(17)11-6-10(3)7-12(14)8-11/h6-9,16H,4-5H2,1-3H3. The molecule has 0 radical (unpaired) electrons. The van der Waals surface area contributed by atoms with Gasteiger partial charge in [-0.25, -0.2) is 0 Å². The molecule has 3 nitrogen and oxygen atoms in total. The molecule has 1 N–H and O–H groups in total. The second-order valence-electron chi connectivity index (χ2n) is 4.33. The number of rotatable bonds is 4. The summed E-state index contributed by atoms with van der Waals surface area (Å²) in [6.07, 6.45) is 0. The number of halogens is 1. The second kappa shape index (κ2) is 6.17. The van der Waals surface area contributed by atoms with Gasteiger partial charge in [-0.05, 0) is 44.5 Å². The Balaban J connectivity index is 3.00. The lowest BCUT2D eigenvalue weighted by Crippen LogP contribution is -2.39. The van der Waals surface area contributed by atoms with Crippen molar-refractivity contribution in [2.24, 2.45) is 0 Å². The molecule has 0 aliphatic rings. The fourth-order valence-electron chi connectivity index (χ4n) is 1.73. The number of hydrogen-bond donors (Lipinski definition) is 1. The summed E-state index contributed by atoms with van der Waals surface area (Å²) in [6, 6.07) is 5.71. The van der Waals surface area contributed by atoms with Crippen LogP contribution in [0.25, 0.3) is 0 Å². The van der Waals surface area contributed by atoms with Crippen molar-refractivity contribution in [1.29, 1.82) is 0 Å². The first kappa shape index (κ1) is 14.2. The molecule has 0 bridgehead atoms. The maximum Gasteiger partial charge on any atom is 0.254 e. The van der Waals surface area contributed by atoms with Crippen molar-refractivity contribution in [2.75, 3.05) is 13.2 Å². The van der Waals surface area contributed by atoms with E-state index in [1.54, 1.807) is 4.90 Å². The maximum absolute atomic E-state index is 12.3. The van der Waals surface area contributed by atoms with Crippen LogP contribution in [-0.4, -0.2) is 35.1 Å². The summed E-state index contributed by atoms with van der Waals surface area (Å²) in [5.41, 5.74) is 1.69. The Kier molecular flexibility index (Phi) is 5.15. The van der Waals surface area contributed by atoms with Crippen LogP contribution in [0, 0.1) is 6.92 Å². The highest BCUT2D eigenvalue weighted by molar-refractivity contribution is 9.10. The lowest BCUT2D eigenvalue weighted by Gasteiger charge is -2.26. The maximum atomic E-state index is 12.3. The number of carbonyl (C=O) groups is 1. The van der Waals surface area contributed by atoms with Crippen LogP contribution in [0.3, 0.4) is 0 Å². The van der Waals surface area contributed by atoms with Crippen LogP contribution >= 0.6 is 15.9 Å². The molecule has 0 unspecified atom stereocenters. The number of aliphatic hydroxyl groups excluding tert-OH is 1. The van der Waals surface area contributed by atoms with Gasteiger partial charge in [-0.1, -0.05) is 15.9 Å². The van der Waals surface area contributed by atoms with E-state index in [0.29, 0.717) is 12.1 Å². The van der Waals surface area contributed by atoms with E-state index < -0.39 is 0 Å². The molecular weight excluding hydrogens is 282 g/mol. The van der Waals surface area contributed by atoms with Crippen LogP contribution < -0.4 is 0 Å². The van der Waals surface area contributed by atoms with E-state index in [4.69, 9.17) is 5.11 Å². The molecule has 17 heavy (non-hydrogen) atoms. The molecule has 1 aromatic carbocycles. The lowest BCUT2D eigenvalue weighted by molar-refractivity contribution is 0.0665. The Morgan fingerprint density at radius 3 is 2.53 bits per heavy atom. The molecule has 0 aromatic heterocycles. The third kappa shape index (κ3) is 3.82. The molecular formula is C13H18BrNO2. The molecule has 0 fully saturated rings. The van der Waals surface area contributed by atoms with E-state index in [0.717, 1.165) is 10.0 Å². The first-order valence-corrected chi connectivity index (χ1v) is 6.44. The van der Waals surface area contributed by atoms with E-state index >= 15 is 0 Å². The zero-order valence-corrected chi connectivity index (χ0v) is 12.0. The van der Waals surface area contributed by atoms with Crippen molar-refractivity contribution in [3.05, 3.63) is 33.8 Å². The zero-order chi connectivity index (χ0) is 13.0. The molecule has 1 rings (SSSR count). The first-order chi connectivity index (χ1) is 7.95. The van der Waals surface area contributed by atoms with Crippen molar-refractivity contribution in [2.45, 2.75) is 26.8 Å². The third-order valence-electron chi connectivity index (χ3n) is 2.51. The fourth-order valence-corrected chi connectivity index (χ4v) is 2.34. The summed E-state index contributed by atoms with van der Waals surface area (Å²) < 4.78 is 0.897. The fraction of sp³-hybridized carbons (Fsp3) is 0.462. The Bertz CT molecular complexity index is 384. The molecule has 0 saturated carbocycles. The Labute approximate surface area is 111 Å².